The summed E-state index contributed by atoms with van der Waals surface area (Å²) in [6.45, 7) is 7.20. The number of nitrogens with zero attached hydrogens (tertiary/aromatic N) is 2. The monoisotopic (exact) mass is 262 g/mol. The first-order valence-corrected chi connectivity index (χ1v) is 6.88. The van der Waals surface area contributed by atoms with Gasteiger partial charge in [0.25, 0.3) is 5.92 Å². The lowest BCUT2D eigenvalue weighted by Crippen LogP contribution is -2.41. The van der Waals surface area contributed by atoms with Crippen LogP contribution in [-0.4, -0.2) is 28.9 Å². The summed E-state index contributed by atoms with van der Waals surface area (Å²) in [5.74, 6) is -2.50. The van der Waals surface area contributed by atoms with Gasteiger partial charge in [-0.3, -0.25) is 4.90 Å². The fourth-order valence-corrected chi connectivity index (χ4v) is 2.72. The molecule has 1 aliphatic rings. The molecule has 17 heavy (non-hydrogen) atoms. The number of aromatic nitrogens is 1. The summed E-state index contributed by atoms with van der Waals surface area (Å²) in [5.41, 5.74) is 0. The maximum Gasteiger partial charge on any atom is 0.260 e. The van der Waals surface area contributed by atoms with E-state index in [9.17, 15) is 8.78 Å². The predicted octanol–water partition coefficient (Wildman–Crippen LogP) is 3.71. The summed E-state index contributed by atoms with van der Waals surface area (Å²) < 4.78 is 26.2. The van der Waals surface area contributed by atoms with Gasteiger partial charge >= 0.3 is 0 Å². The molecule has 0 unspecified atom stereocenters. The van der Waals surface area contributed by atoms with Gasteiger partial charge in [-0.25, -0.2) is 13.8 Å². The Balaban J connectivity index is 0.000000686. The number of aryl methyl sites for hydroxylation is 1. The Bertz CT molecular complexity index is 339. The molecule has 2 nitrogen and oxygen atoms in total. The lowest BCUT2D eigenvalue weighted by atomic mass is 10.1. The second-order valence-electron chi connectivity index (χ2n) is 4.02. The number of likely N-dealkylation sites (tertiary alicyclic amines) is 1. The van der Waals surface area contributed by atoms with Gasteiger partial charge in [-0.15, -0.1) is 11.3 Å². The number of thiazole rings is 1. The van der Waals surface area contributed by atoms with E-state index in [-0.39, 0.29) is 13.0 Å². The van der Waals surface area contributed by atoms with Gasteiger partial charge in [0.2, 0.25) is 0 Å². The molecule has 1 aromatic rings. The molecule has 1 saturated heterocycles. The quantitative estimate of drug-likeness (QED) is 0.807. The lowest BCUT2D eigenvalue weighted by molar-refractivity contribution is -0.0658. The molecule has 0 atom stereocenters. The van der Waals surface area contributed by atoms with Crippen molar-refractivity contribution < 1.29 is 8.78 Å². The van der Waals surface area contributed by atoms with Crippen LogP contribution < -0.4 is 0 Å². The number of rotatable bonds is 2. The number of piperidine rings is 1. The number of halogens is 2. The number of alkyl halides is 2. The Morgan fingerprint density at radius 2 is 2.18 bits per heavy atom. The molecular formula is C12H20F2N2S. The molecule has 1 aliphatic heterocycles. The molecule has 1 fully saturated rings. The Labute approximate surface area is 106 Å². The Hall–Kier alpha value is -0.550. The van der Waals surface area contributed by atoms with Crippen molar-refractivity contribution in [2.24, 2.45) is 0 Å². The molecule has 0 aliphatic carbocycles. The van der Waals surface area contributed by atoms with Gasteiger partial charge in [-0.1, -0.05) is 13.8 Å². The standard InChI is InChI=1S/C10H14F2N2S.C2H6/c1-8-13-5-9(15-8)6-14-4-2-3-10(11,12)7-14;1-2/h5H,2-4,6-7H2,1H3;1-2H3. The zero-order valence-electron chi connectivity index (χ0n) is 10.7. The Morgan fingerprint density at radius 1 is 1.47 bits per heavy atom. The van der Waals surface area contributed by atoms with Gasteiger partial charge < -0.3 is 0 Å². The van der Waals surface area contributed by atoms with E-state index in [0.717, 1.165) is 16.4 Å². The van der Waals surface area contributed by atoms with Gasteiger partial charge in [0.05, 0.1) is 11.6 Å². The lowest BCUT2D eigenvalue weighted by Gasteiger charge is -2.31. The summed E-state index contributed by atoms with van der Waals surface area (Å²) in [4.78, 5) is 7.01. The van der Waals surface area contributed by atoms with E-state index in [1.807, 2.05) is 25.7 Å². The van der Waals surface area contributed by atoms with Crippen molar-refractivity contribution in [2.45, 2.75) is 46.1 Å². The first-order chi connectivity index (χ1) is 8.05. The van der Waals surface area contributed by atoms with Crippen molar-refractivity contribution >= 4 is 11.3 Å². The second-order valence-corrected chi connectivity index (χ2v) is 5.34. The molecule has 0 bridgehead atoms. The van der Waals surface area contributed by atoms with Crippen LogP contribution in [-0.2, 0) is 6.54 Å². The zero-order valence-corrected chi connectivity index (χ0v) is 11.5. The highest BCUT2D eigenvalue weighted by Gasteiger charge is 2.34. The minimum Gasteiger partial charge on any atom is -0.292 e. The zero-order chi connectivity index (χ0) is 12.9. The van der Waals surface area contributed by atoms with Crippen molar-refractivity contribution in [1.82, 2.24) is 9.88 Å². The average Bonchev–Trinajstić information content (AvgIpc) is 2.65. The number of hydrogen-bond acceptors (Lipinski definition) is 3. The van der Waals surface area contributed by atoms with E-state index in [1.54, 1.807) is 17.5 Å². The van der Waals surface area contributed by atoms with Crippen LogP contribution in [0.15, 0.2) is 6.20 Å². The van der Waals surface area contributed by atoms with Crippen LogP contribution in [0.25, 0.3) is 0 Å². The molecule has 0 amide bonds. The fraction of sp³-hybridized carbons (Fsp3) is 0.750. The molecule has 0 radical (unpaired) electrons. The molecule has 5 heteroatoms. The normalized spacial score (nSPS) is 19.6. The van der Waals surface area contributed by atoms with E-state index < -0.39 is 5.92 Å². The van der Waals surface area contributed by atoms with Gasteiger partial charge in [0.15, 0.2) is 0 Å². The van der Waals surface area contributed by atoms with Crippen molar-refractivity contribution in [2.75, 3.05) is 13.1 Å². The minimum atomic E-state index is -2.50. The Kier molecular flexibility index (Phi) is 5.46. The van der Waals surface area contributed by atoms with Gasteiger partial charge in [-0.2, -0.15) is 0 Å². The molecule has 2 rings (SSSR count). The smallest absolute Gasteiger partial charge is 0.260 e. The molecule has 1 aromatic heterocycles. The van der Waals surface area contributed by atoms with Gasteiger partial charge in [-0.05, 0) is 19.9 Å². The molecule has 98 valence electrons. The van der Waals surface area contributed by atoms with E-state index >= 15 is 0 Å². The molecule has 0 saturated carbocycles. The van der Waals surface area contributed by atoms with Gasteiger partial charge in [0, 0.05) is 24.0 Å². The predicted molar refractivity (Wildman–Crippen MR) is 67.7 cm³/mol. The molecule has 2 heterocycles. The van der Waals surface area contributed by atoms with E-state index in [0.29, 0.717) is 13.0 Å². The second kappa shape index (κ2) is 6.40. The van der Waals surface area contributed by atoms with Crippen LogP contribution in [0.3, 0.4) is 0 Å². The summed E-state index contributed by atoms with van der Waals surface area (Å²) in [6, 6.07) is 0. The van der Waals surface area contributed by atoms with Crippen LogP contribution in [0.1, 0.15) is 36.6 Å². The van der Waals surface area contributed by atoms with Crippen molar-refractivity contribution in [1.29, 1.82) is 0 Å². The Morgan fingerprint density at radius 3 is 2.71 bits per heavy atom. The maximum absolute atomic E-state index is 13.1. The van der Waals surface area contributed by atoms with Crippen molar-refractivity contribution in [3.63, 3.8) is 0 Å². The highest BCUT2D eigenvalue weighted by molar-refractivity contribution is 7.11. The molecule has 0 aromatic carbocycles. The highest BCUT2D eigenvalue weighted by Crippen LogP contribution is 2.28. The SMILES string of the molecule is CC.Cc1ncc(CN2CCCC(F)(F)C2)s1. The van der Waals surface area contributed by atoms with E-state index in [4.69, 9.17) is 0 Å². The first kappa shape index (κ1) is 14.5. The third-order valence-corrected chi connectivity index (χ3v) is 3.42. The highest BCUT2D eigenvalue weighted by atomic mass is 32.1. The van der Waals surface area contributed by atoms with Crippen LogP contribution in [0, 0.1) is 6.92 Å². The van der Waals surface area contributed by atoms with Gasteiger partial charge in [0.1, 0.15) is 0 Å². The first-order valence-electron chi connectivity index (χ1n) is 6.07. The van der Waals surface area contributed by atoms with Crippen LogP contribution in [0.4, 0.5) is 8.78 Å². The van der Waals surface area contributed by atoms with Crippen LogP contribution in [0.5, 0.6) is 0 Å². The van der Waals surface area contributed by atoms with E-state index in [1.165, 1.54) is 0 Å². The average molecular weight is 262 g/mol. The van der Waals surface area contributed by atoms with E-state index in [2.05, 4.69) is 4.98 Å². The van der Waals surface area contributed by atoms with Crippen LogP contribution in [0.2, 0.25) is 0 Å². The van der Waals surface area contributed by atoms with Crippen molar-refractivity contribution in [3.8, 4) is 0 Å². The summed E-state index contributed by atoms with van der Waals surface area (Å²) in [5, 5.41) is 0.994. The summed E-state index contributed by atoms with van der Waals surface area (Å²) in [7, 11) is 0. The third kappa shape index (κ3) is 4.68. The van der Waals surface area contributed by atoms with Crippen molar-refractivity contribution in [3.05, 3.63) is 16.1 Å². The largest absolute Gasteiger partial charge is 0.292 e. The summed E-state index contributed by atoms with van der Waals surface area (Å²) in [6.07, 6.45) is 2.41. The molecule has 0 N–H and O–H groups in total. The third-order valence-electron chi connectivity index (χ3n) is 2.52. The topological polar surface area (TPSA) is 16.1 Å². The molecule has 0 spiro atoms. The summed E-state index contributed by atoms with van der Waals surface area (Å²) >= 11 is 1.58. The molecular weight excluding hydrogens is 242 g/mol. The van der Waals surface area contributed by atoms with Crippen LogP contribution >= 0.6 is 11.3 Å². The number of hydrogen-bond donors (Lipinski definition) is 0. The maximum atomic E-state index is 13.1. The minimum absolute atomic E-state index is 0.0330. The fourth-order valence-electron chi connectivity index (χ4n) is 1.88.